The monoisotopic (exact) mass is 266 g/mol. The number of hydrogen-bond donors (Lipinski definition) is 1. The fraction of sp³-hybridized carbons (Fsp3) is 0.333. The molecule has 0 amide bonds. The third-order valence-corrected chi connectivity index (χ3v) is 3.55. The van der Waals surface area contributed by atoms with Gasteiger partial charge in [-0.25, -0.2) is 9.78 Å². The summed E-state index contributed by atoms with van der Waals surface area (Å²) in [6.45, 7) is 4.86. The number of ether oxygens (including phenoxy) is 1. The Morgan fingerprint density at radius 1 is 1.56 bits per heavy atom. The molecule has 0 saturated heterocycles. The number of carbonyl (C=O) groups is 1. The highest BCUT2D eigenvalue weighted by molar-refractivity contribution is 7.14. The molecule has 96 valence electrons. The molecule has 5 nitrogen and oxygen atoms in total. The summed E-state index contributed by atoms with van der Waals surface area (Å²) in [5.41, 5.74) is 0. The van der Waals surface area contributed by atoms with E-state index in [0.29, 0.717) is 18.9 Å². The van der Waals surface area contributed by atoms with Crippen molar-refractivity contribution in [3.8, 4) is 5.75 Å². The van der Waals surface area contributed by atoms with E-state index in [1.807, 2.05) is 24.6 Å². The minimum atomic E-state index is -0.943. The fourth-order valence-corrected chi connectivity index (χ4v) is 2.43. The predicted molar refractivity (Wildman–Crippen MR) is 68.5 cm³/mol. The first-order valence-electron chi connectivity index (χ1n) is 5.52. The van der Waals surface area contributed by atoms with Gasteiger partial charge in [0.25, 0.3) is 0 Å². The van der Waals surface area contributed by atoms with Gasteiger partial charge in [0.1, 0.15) is 18.2 Å². The third-order valence-electron chi connectivity index (χ3n) is 2.53. The summed E-state index contributed by atoms with van der Waals surface area (Å²) < 4.78 is 7.49. The summed E-state index contributed by atoms with van der Waals surface area (Å²) in [5, 5.41) is 9.02. The lowest BCUT2D eigenvalue weighted by atomic mass is 10.4. The van der Waals surface area contributed by atoms with Crippen molar-refractivity contribution in [3.63, 3.8) is 0 Å². The van der Waals surface area contributed by atoms with Crippen molar-refractivity contribution >= 4 is 17.3 Å². The van der Waals surface area contributed by atoms with Crippen molar-refractivity contribution in [2.75, 3.05) is 6.61 Å². The molecule has 2 rings (SSSR count). The number of aromatic nitrogens is 2. The van der Waals surface area contributed by atoms with Gasteiger partial charge in [-0.3, -0.25) is 0 Å². The first-order chi connectivity index (χ1) is 8.58. The first kappa shape index (κ1) is 12.6. The Kier molecular flexibility index (Phi) is 3.66. The van der Waals surface area contributed by atoms with Crippen molar-refractivity contribution in [2.24, 2.45) is 0 Å². The van der Waals surface area contributed by atoms with E-state index in [-0.39, 0.29) is 4.88 Å². The van der Waals surface area contributed by atoms with Crippen LogP contribution in [0.5, 0.6) is 5.75 Å². The van der Waals surface area contributed by atoms with Crippen LogP contribution < -0.4 is 4.74 Å². The number of carboxylic acids is 1. The summed E-state index contributed by atoms with van der Waals surface area (Å²) in [6, 6.07) is 1.76. The summed E-state index contributed by atoms with van der Waals surface area (Å²) in [7, 11) is 0. The van der Waals surface area contributed by atoms with Gasteiger partial charge in [0.2, 0.25) is 0 Å². The maximum Gasteiger partial charge on any atom is 0.349 e. The molecule has 0 unspecified atom stereocenters. The zero-order valence-corrected chi connectivity index (χ0v) is 11.0. The van der Waals surface area contributed by atoms with Gasteiger partial charge in [0, 0.05) is 17.3 Å². The standard InChI is InChI=1S/C12H14N2O3S/c1-8-7-10(11(18-8)12(15)16)17-6-5-14-4-3-13-9(14)2/h3-4,7H,5-6H2,1-2H3,(H,15,16). The topological polar surface area (TPSA) is 64.4 Å². The second-order valence-electron chi connectivity index (χ2n) is 3.87. The Hall–Kier alpha value is -1.82. The van der Waals surface area contributed by atoms with Gasteiger partial charge in [-0.2, -0.15) is 0 Å². The molecule has 0 bridgehead atoms. The molecule has 2 aromatic heterocycles. The van der Waals surface area contributed by atoms with Crippen molar-refractivity contribution in [1.82, 2.24) is 9.55 Å². The van der Waals surface area contributed by atoms with E-state index >= 15 is 0 Å². The molecular formula is C12H14N2O3S. The average molecular weight is 266 g/mol. The van der Waals surface area contributed by atoms with Crippen LogP contribution in [-0.2, 0) is 6.54 Å². The van der Waals surface area contributed by atoms with Crippen LogP contribution in [0.25, 0.3) is 0 Å². The van der Waals surface area contributed by atoms with E-state index in [4.69, 9.17) is 9.84 Å². The molecule has 0 spiro atoms. The Morgan fingerprint density at radius 2 is 2.33 bits per heavy atom. The molecule has 0 aromatic carbocycles. The Morgan fingerprint density at radius 3 is 2.94 bits per heavy atom. The van der Waals surface area contributed by atoms with Crippen molar-refractivity contribution < 1.29 is 14.6 Å². The Bertz CT molecular complexity index is 559. The van der Waals surface area contributed by atoms with Gasteiger partial charge < -0.3 is 14.4 Å². The molecule has 0 radical (unpaired) electrons. The van der Waals surface area contributed by atoms with Gasteiger partial charge in [-0.1, -0.05) is 0 Å². The molecule has 0 aliphatic heterocycles. The van der Waals surface area contributed by atoms with Crippen LogP contribution >= 0.6 is 11.3 Å². The lowest BCUT2D eigenvalue weighted by Crippen LogP contribution is -2.09. The molecule has 6 heteroatoms. The van der Waals surface area contributed by atoms with Crippen molar-refractivity contribution in [3.05, 3.63) is 34.0 Å². The minimum absolute atomic E-state index is 0.259. The van der Waals surface area contributed by atoms with E-state index in [1.54, 1.807) is 12.3 Å². The van der Waals surface area contributed by atoms with Crippen LogP contribution in [0.15, 0.2) is 18.5 Å². The van der Waals surface area contributed by atoms with E-state index in [1.165, 1.54) is 11.3 Å². The van der Waals surface area contributed by atoms with Crippen LogP contribution in [0, 0.1) is 13.8 Å². The second-order valence-corrected chi connectivity index (χ2v) is 5.13. The lowest BCUT2D eigenvalue weighted by Gasteiger charge is -2.07. The quantitative estimate of drug-likeness (QED) is 0.902. The number of hydrogen-bond acceptors (Lipinski definition) is 4. The number of aryl methyl sites for hydroxylation is 2. The second kappa shape index (κ2) is 5.22. The predicted octanol–water partition coefficient (Wildman–Crippen LogP) is 2.34. The number of thiophene rings is 1. The normalized spacial score (nSPS) is 10.6. The molecule has 0 saturated carbocycles. The van der Waals surface area contributed by atoms with Crippen LogP contribution in [0.2, 0.25) is 0 Å². The van der Waals surface area contributed by atoms with E-state index in [0.717, 1.165) is 10.7 Å². The fourth-order valence-electron chi connectivity index (χ4n) is 1.64. The molecule has 2 heterocycles. The Labute approximate surface area is 109 Å². The molecule has 18 heavy (non-hydrogen) atoms. The zero-order valence-electron chi connectivity index (χ0n) is 10.2. The molecular weight excluding hydrogens is 252 g/mol. The summed E-state index contributed by atoms with van der Waals surface area (Å²) >= 11 is 1.23. The minimum Gasteiger partial charge on any atom is -0.490 e. The highest BCUT2D eigenvalue weighted by Crippen LogP contribution is 2.28. The lowest BCUT2D eigenvalue weighted by molar-refractivity contribution is 0.0698. The maximum absolute atomic E-state index is 11.0. The van der Waals surface area contributed by atoms with Crippen LogP contribution in [0.1, 0.15) is 20.4 Å². The number of carboxylic acid groups (broad SMARTS) is 1. The summed E-state index contributed by atoms with van der Waals surface area (Å²) in [6.07, 6.45) is 3.60. The average Bonchev–Trinajstić information content (AvgIpc) is 2.86. The molecule has 2 aromatic rings. The zero-order chi connectivity index (χ0) is 13.1. The molecule has 1 N–H and O–H groups in total. The van der Waals surface area contributed by atoms with Gasteiger partial charge >= 0.3 is 5.97 Å². The van der Waals surface area contributed by atoms with Crippen LogP contribution in [0.3, 0.4) is 0 Å². The smallest absolute Gasteiger partial charge is 0.349 e. The highest BCUT2D eigenvalue weighted by Gasteiger charge is 2.15. The number of aromatic carboxylic acids is 1. The van der Waals surface area contributed by atoms with Crippen molar-refractivity contribution in [2.45, 2.75) is 20.4 Å². The van der Waals surface area contributed by atoms with Gasteiger partial charge in [-0.15, -0.1) is 11.3 Å². The van der Waals surface area contributed by atoms with Crippen molar-refractivity contribution in [1.29, 1.82) is 0 Å². The van der Waals surface area contributed by atoms with Gasteiger partial charge in [-0.05, 0) is 19.9 Å². The van der Waals surface area contributed by atoms with Gasteiger partial charge in [0.05, 0.1) is 6.54 Å². The van der Waals surface area contributed by atoms with E-state index in [9.17, 15) is 4.79 Å². The number of imidazole rings is 1. The number of rotatable bonds is 5. The highest BCUT2D eigenvalue weighted by atomic mass is 32.1. The van der Waals surface area contributed by atoms with E-state index < -0.39 is 5.97 Å². The molecule has 0 fully saturated rings. The first-order valence-corrected chi connectivity index (χ1v) is 6.34. The molecule has 0 aliphatic carbocycles. The third kappa shape index (κ3) is 2.70. The Balaban J connectivity index is 1.98. The summed E-state index contributed by atoms with van der Waals surface area (Å²) in [5.74, 6) is 0.420. The molecule has 0 aliphatic rings. The van der Waals surface area contributed by atoms with Crippen LogP contribution in [0.4, 0.5) is 0 Å². The maximum atomic E-state index is 11.0. The van der Waals surface area contributed by atoms with E-state index in [2.05, 4.69) is 4.98 Å². The largest absolute Gasteiger partial charge is 0.490 e. The van der Waals surface area contributed by atoms with Crippen LogP contribution in [-0.4, -0.2) is 27.2 Å². The van der Waals surface area contributed by atoms with Gasteiger partial charge in [0.15, 0.2) is 4.88 Å². The molecule has 0 atom stereocenters. The SMILES string of the molecule is Cc1cc(OCCn2ccnc2C)c(C(=O)O)s1. The number of nitrogens with zero attached hydrogens (tertiary/aromatic N) is 2. The summed E-state index contributed by atoms with van der Waals surface area (Å²) in [4.78, 5) is 16.3.